The molecule has 0 radical (unpaired) electrons. The number of nitrogens with zero attached hydrogens (tertiary/aromatic N) is 3. The number of carbonyl (C=O) groups is 1. The molecular formula is C16H15N3O2S. The zero-order valence-corrected chi connectivity index (χ0v) is 12.7. The van der Waals surface area contributed by atoms with E-state index in [-0.39, 0.29) is 5.97 Å². The van der Waals surface area contributed by atoms with Crippen molar-refractivity contribution >= 4 is 17.3 Å². The Bertz CT molecular complexity index is 706. The van der Waals surface area contributed by atoms with Crippen molar-refractivity contribution in [3.05, 3.63) is 59.2 Å². The maximum atomic E-state index is 11.9. The molecule has 0 unspecified atom stereocenters. The van der Waals surface area contributed by atoms with Gasteiger partial charge in [0, 0.05) is 36.3 Å². The first-order valence-electron chi connectivity index (χ1n) is 6.96. The van der Waals surface area contributed by atoms with Gasteiger partial charge in [0.2, 0.25) is 0 Å². The SMILES string of the molecule is O=C(OCCCn1cccn1)c1ccc(-c2cscn2)cc1. The molecule has 3 rings (SSSR count). The second-order valence-corrected chi connectivity index (χ2v) is 5.43. The Balaban J connectivity index is 1.49. The summed E-state index contributed by atoms with van der Waals surface area (Å²) in [4.78, 5) is 16.2. The summed E-state index contributed by atoms with van der Waals surface area (Å²) in [5.74, 6) is -0.301. The first-order valence-corrected chi connectivity index (χ1v) is 7.90. The first-order chi connectivity index (χ1) is 10.8. The van der Waals surface area contributed by atoms with E-state index in [2.05, 4.69) is 10.1 Å². The van der Waals surface area contributed by atoms with E-state index in [1.165, 1.54) is 0 Å². The molecule has 0 fully saturated rings. The molecule has 0 atom stereocenters. The molecule has 6 heteroatoms. The highest BCUT2D eigenvalue weighted by Gasteiger charge is 2.08. The lowest BCUT2D eigenvalue weighted by Crippen LogP contribution is -2.09. The second kappa shape index (κ2) is 7.00. The fraction of sp³-hybridized carbons (Fsp3) is 0.188. The number of thiazole rings is 1. The minimum absolute atomic E-state index is 0.301. The van der Waals surface area contributed by atoms with Crippen LogP contribution in [0.5, 0.6) is 0 Å². The standard InChI is InChI=1S/C16H15N3O2S/c20-16(21-10-2-9-19-8-1-7-18-19)14-5-3-13(4-6-14)15-11-22-12-17-15/h1,3-8,11-12H,2,9-10H2. The van der Waals surface area contributed by atoms with Crippen molar-refractivity contribution in [1.29, 1.82) is 0 Å². The summed E-state index contributed by atoms with van der Waals surface area (Å²) >= 11 is 1.55. The van der Waals surface area contributed by atoms with Crippen LogP contribution in [0.2, 0.25) is 0 Å². The lowest BCUT2D eigenvalue weighted by atomic mass is 10.1. The summed E-state index contributed by atoms with van der Waals surface area (Å²) in [6.45, 7) is 1.12. The van der Waals surface area contributed by atoms with Crippen LogP contribution in [0.15, 0.2) is 53.6 Å². The molecule has 0 bridgehead atoms. The van der Waals surface area contributed by atoms with Gasteiger partial charge in [-0.1, -0.05) is 12.1 Å². The van der Waals surface area contributed by atoms with Crippen molar-refractivity contribution in [2.75, 3.05) is 6.61 Å². The van der Waals surface area contributed by atoms with Crippen LogP contribution < -0.4 is 0 Å². The Hall–Kier alpha value is -2.47. The smallest absolute Gasteiger partial charge is 0.338 e. The number of aromatic nitrogens is 3. The largest absolute Gasteiger partial charge is 0.462 e. The van der Waals surface area contributed by atoms with E-state index in [1.54, 1.807) is 35.2 Å². The van der Waals surface area contributed by atoms with Gasteiger partial charge in [0.15, 0.2) is 0 Å². The normalized spacial score (nSPS) is 10.5. The van der Waals surface area contributed by atoms with Crippen molar-refractivity contribution in [2.45, 2.75) is 13.0 Å². The molecule has 0 N–H and O–H groups in total. The number of ether oxygens (including phenoxy) is 1. The maximum absolute atomic E-state index is 11.9. The van der Waals surface area contributed by atoms with Crippen LogP contribution in [0.1, 0.15) is 16.8 Å². The highest BCUT2D eigenvalue weighted by atomic mass is 32.1. The van der Waals surface area contributed by atoms with Crippen molar-refractivity contribution in [3.8, 4) is 11.3 Å². The van der Waals surface area contributed by atoms with Crippen LogP contribution in [0.25, 0.3) is 11.3 Å². The summed E-state index contributed by atoms with van der Waals surface area (Å²) < 4.78 is 7.08. The third-order valence-electron chi connectivity index (χ3n) is 3.17. The quantitative estimate of drug-likeness (QED) is 0.518. The minimum atomic E-state index is -0.301. The highest BCUT2D eigenvalue weighted by Crippen LogP contribution is 2.19. The van der Waals surface area contributed by atoms with Gasteiger partial charge < -0.3 is 4.74 Å². The van der Waals surface area contributed by atoms with E-state index in [1.807, 2.05) is 34.5 Å². The van der Waals surface area contributed by atoms with Gasteiger partial charge in [0.25, 0.3) is 0 Å². The van der Waals surface area contributed by atoms with Crippen LogP contribution in [-0.2, 0) is 11.3 Å². The van der Waals surface area contributed by atoms with Gasteiger partial charge >= 0.3 is 5.97 Å². The van der Waals surface area contributed by atoms with Gasteiger partial charge in [-0.3, -0.25) is 4.68 Å². The molecule has 5 nitrogen and oxygen atoms in total. The van der Waals surface area contributed by atoms with Crippen molar-refractivity contribution < 1.29 is 9.53 Å². The summed E-state index contributed by atoms with van der Waals surface area (Å²) in [6.07, 6.45) is 4.36. The predicted octanol–water partition coefficient (Wildman–Crippen LogP) is 3.25. The van der Waals surface area contributed by atoms with E-state index in [0.29, 0.717) is 12.2 Å². The fourth-order valence-electron chi connectivity index (χ4n) is 2.04. The van der Waals surface area contributed by atoms with E-state index < -0.39 is 0 Å². The average molecular weight is 313 g/mol. The molecule has 0 aliphatic rings. The summed E-state index contributed by atoms with van der Waals surface area (Å²) in [7, 11) is 0. The number of hydrogen-bond acceptors (Lipinski definition) is 5. The van der Waals surface area contributed by atoms with Crippen LogP contribution in [0.3, 0.4) is 0 Å². The van der Waals surface area contributed by atoms with Crippen molar-refractivity contribution in [3.63, 3.8) is 0 Å². The number of aryl methyl sites for hydroxylation is 1. The predicted molar refractivity (Wildman–Crippen MR) is 84.7 cm³/mol. The highest BCUT2D eigenvalue weighted by molar-refractivity contribution is 7.07. The van der Waals surface area contributed by atoms with Gasteiger partial charge in [-0.2, -0.15) is 5.10 Å². The molecule has 112 valence electrons. The van der Waals surface area contributed by atoms with E-state index in [0.717, 1.165) is 24.2 Å². The van der Waals surface area contributed by atoms with E-state index in [4.69, 9.17) is 4.74 Å². The number of benzene rings is 1. The number of rotatable bonds is 6. The summed E-state index contributed by atoms with van der Waals surface area (Å²) in [5, 5.41) is 6.07. The van der Waals surface area contributed by atoms with E-state index >= 15 is 0 Å². The molecule has 22 heavy (non-hydrogen) atoms. The monoisotopic (exact) mass is 313 g/mol. The molecule has 0 saturated carbocycles. The fourth-order valence-corrected chi connectivity index (χ4v) is 2.60. The third kappa shape index (κ3) is 3.59. The van der Waals surface area contributed by atoms with Gasteiger partial charge in [-0.25, -0.2) is 9.78 Å². The van der Waals surface area contributed by atoms with Crippen LogP contribution in [0.4, 0.5) is 0 Å². The van der Waals surface area contributed by atoms with Gasteiger partial charge in [0.1, 0.15) is 0 Å². The second-order valence-electron chi connectivity index (χ2n) is 4.71. The Labute approximate surface area is 132 Å². The van der Waals surface area contributed by atoms with Crippen LogP contribution in [-0.4, -0.2) is 27.3 Å². The van der Waals surface area contributed by atoms with E-state index in [9.17, 15) is 4.79 Å². The molecule has 0 amide bonds. The lowest BCUT2D eigenvalue weighted by Gasteiger charge is -2.05. The summed E-state index contributed by atoms with van der Waals surface area (Å²) in [6, 6.07) is 9.18. The topological polar surface area (TPSA) is 57.0 Å². The molecule has 0 aliphatic carbocycles. The van der Waals surface area contributed by atoms with Crippen LogP contribution in [0, 0.1) is 0 Å². The maximum Gasteiger partial charge on any atom is 0.338 e. The molecule has 3 aromatic rings. The number of esters is 1. The zero-order valence-electron chi connectivity index (χ0n) is 11.9. The molecule has 2 aromatic heterocycles. The Morgan fingerprint density at radius 2 is 2.14 bits per heavy atom. The first kappa shape index (κ1) is 14.5. The molecule has 0 saturated heterocycles. The third-order valence-corrected chi connectivity index (χ3v) is 3.76. The lowest BCUT2D eigenvalue weighted by molar-refractivity contribution is 0.0495. The van der Waals surface area contributed by atoms with Crippen LogP contribution >= 0.6 is 11.3 Å². The zero-order chi connectivity index (χ0) is 15.2. The molecule has 0 aliphatic heterocycles. The summed E-state index contributed by atoms with van der Waals surface area (Å²) in [5.41, 5.74) is 4.26. The Morgan fingerprint density at radius 3 is 2.82 bits per heavy atom. The van der Waals surface area contributed by atoms with Gasteiger partial charge in [0.05, 0.1) is 23.4 Å². The minimum Gasteiger partial charge on any atom is -0.462 e. The molecule has 2 heterocycles. The average Bonchev–Trinajstić information content (AvgIpc) is 3.25. The Morgan fingerprint density at radius 1 is 1.27 bits per heavy atom. The molecular weight excluding hydrogens is 298 g/mol. The molecule has 0 spiro atoms. The Kier molecular flexibility index (Phi) is 4.60. The van der Waals surface area contributed by atoms with Crippen molar-refractivity contribution in [2.24, 2.45) is 0 Å². The molecule has 1 aromatic carbocycles. The number of carbonyl (C=O) groups excluding carboxylic acids is 1. The van der Waals surface area contributed by atoms with Crippen molar-refractivity contribution in [1.82, 2.24) is 14.8 Å². The van der Waals surface area contributed by atoms with Gasteiger partial charge in [-0.15, -0.1) is 11.3 Å². The van der Waals surface area contributed by atoms with Gasteiger partial charge in [-0.05, 0) is 18.2 Å². The number of hydrogen-bond donors (Lipinski definition) is 0.